The lowest BCUT2D eigenvalue weighted by Gasteiger charge is -2.36. The molecule has 1 aliphatic rings. The van der Waals surface area contributed by atoms with Gasteiger partial charge in [0.15, 0.2) is 0 Å². The van der Waals surface area contributed by atoms with E-state index in [1.54, 1.807) is 0 Å². The predicted molar refractivity (Wildman–Crippen MR) is 57.4 cm³/mol. The number of hydrogen-bond acceptors (Lipinski definition) is 2. The second-order valence-corrected chi connectivity index (χ2v) is 5.30. The molecule has 0 bridgehead atoms. The molecule has 0 aromatic heterocycles. The van der Waals surface area contributed by atoms with Crippen molar-refractivity contribution in [2.45, 2.75) is 37.3 Å². The zero-order valence-corrected chi connectivity index (χ0v) is 9.71. The van der Waals surface area contributed by atoms with Gasteiger partial charge in [0.25, 0.3) is 0 Å². The lowest BCUT2D eigenvalue weighted by atomic mass is 10.1. The third-order valence-corrected chi connectivity index (χ3v) is 2.77. The minimum atomic E-state index is 0.218. The molecule has 0 saturated heterocycles. The van der Waals surface area contributed by atoms with Crippen molar-refractivity contribution in [2.24, 2.45) is 4.99 Å². The van der Waals surface area contributed by atoms with Gasteiger partial charge in [0.1, 0.15) is 4.05 Å². The molecule has 1 unspecified atom stereocenters. The lowest BCUT2D eigenvalue weighted by Crippen LogP contribution is -2.45. The van der Waals surface area contributed by atoms with Crippen LogP contribution in [-0.2, 0) is 0 Å². The highest BCUT2D eigenvalue weighted by atomic mass is 127. The topological polar surface area (TPSA) is 15.6 Å². The van der Waals surface area contributed by atoms with Crippen LogP contribution >= 0.6 is 22.6 Å². The van der Waals surface area contributed by atoms with Gasteiger partial charge in [0.05, 0.1) is 12.4 Å². The Morgan fingerprint density at radius 2 is 2.09 bits per heavy atom. The van der Waals surface area contributed by atoms with Crippen LogP contribution in [0.1, 0.15) is 27.7 Å². The van der Waals surface area contributed by atoms with E-state index in [-0.39, 0.29) is 5.54 Å². The average molecular weight is 266 g/mol. The van der Waals surface area contributed by atoms with Crippen molar-refractivity contribution in [3.8, 4) is 0 Å². The largest absolute Gasteiger partial charge is 0.342 e. The molecule has 1 heterocycles. The van der Waals surface area contributed by atoms with Gasteiger partial charge in [-0.15, -0.1) is 0 Å². The van der Waals surface area contributed by atoms with Gasteiger partial charge in [-0.2, -0.15) is 0 Å². The Balaban J connectivity index is 2.78. The SMILES string of the molecule is CC1=NCC(I)N1C(C)(C)C. The Hall–Kier alpha value is 0.200. The quantitative estimate of drug-likeness (QED) is 0.373. The summed E-state index contributed by atoms with van der Waals surface area (Å²) in [5.74, 6) is 1.18. The molecule has 0 aromatic carbocycles. The molecule has 0 fully saturated rings. The minimum Gasteiger partial charge on any atom is -0.342 e. The summed E-state index contributed by atoms with van der Waals surface area (Å²) in [5, 5.41) is 0. The molecule has 3 heteroatoms. The Morgan fingerprint density at radius 1 is 1.55 bits per heavy atom. The monoisotopic (exact) mass is 266 g/mol. The molecule has 0 spiro atoms. The fourth-order valence-electron chi connectivity index (χ4n) is 1.47. The van der Waals surface area contributed by atoms with E-state index in [2.05, 4.69) is 60.2 Å². The highest BCUT2D eigenvalue weighted by molar-refractivity contribution is 14.1. The second-order valence-electron chi connectivity index (χ2n) is 3.86. The standard InChI is InChI=1S/C8H15IN2/c1-6-10-5-7(9)11(6)8(2,3)4/h7H,5H2,1-4H3. The van der Waals surface area contributed by atoms with Crippen molar-refractivity contribution in [1.29, 1.82) is 0 Å². The predicted octanol–water partition coefficient (Wildman–Crippen LogP) is 2.28. The fraction of sp³-hybridized carbons (Fsp3) is 0.875. The van der Waals surface area contributed by atoms with Crippen molar-refractivity contribution < 1.29 is 0 Å². The highest BCUT2D eigenvalue weighted by Gasteiger charge is 2.31. The van der Waals surface area contributed by atoms with Crippen LogP contribution in [0.4, 0.5) is 0 Å². The summed E-state index contributed by atoms with van der Waals surface area (Å²) >= 11 is 2.45. The molecule has 0 amide bonds. The molecular weight excluding hydrogens is 251 g/mol. The number of amidine groups is 1. The first kappa shape index (κ1) is 9.29. The maximum atomic E-state index is 4.40. The molecule has 64 valence electrons. The number of aliphatic imine (C=N–C) groups is 1. The summed E-state index contributed by atoms with van der Waals surface area (Å²) in [4.78, 5) is 6.77. The Kier molecular flexibility index (Phi) is 2.46. The highest BCUT2D eigenvalue weighted by Crippen LogP contribution is 2.25. The van der Waals surface area contributed by atoms with Gasteiger partial charge < -0.3 is 4.90 Å². The first-order valence-corrected chi connectivity index (χ1v) is 5.12. The Bertz CT molecular complexity index is 181. The van der Waals surface area contributed by atoms with Crippen molar-refractivity contribution in [1.82, 2.24) is 4.90 Å². The van der Waals surface area contributed by atoms with Crippen LogP contribution in [0.5, 0.6) is 0 Å². The third-order valence-electron chi connectivity index (χ3n) is 1.82. The molecule has 11 heavy (non-hydrogen) atoms. The van der Waals surface area contributed by atoms with Gasteiger partial charge in [0, 0.05) is 5.54 Å². The second kappa shape index (κ2) is 2.92. The minimum absolute atomic E-state index is 0.218. The molecule has 0 aliphatic carbocycles. The van der Waals surface area contributed by atoms with Crippen LogP contribution in [-0.4, -0.2) is 26.9 Å². The molecule has 1 aliphatic heterocycles. The van der Waals surface area contributed by atoms with E-state index < -0.39 is 0 Å². The molecule has 2 nitrogen and oxygen atoms in total. The van der Waals surface area contributed by atoms with E-state index in [1.165, 1.54) is 5.84 Å². The van der Waals surface area contributed by atoms with E-state index >= 15 is 0 Å². The van der Waals surface area contributed by atoms with Crippen LogP contribution in [0.25, 0.3) is 0 Å². The number of rotatable bonds is 0. The Labute approximate surface area is 82.2 Å². The number of nitrogens with zero attached hydrogens (tertiary/aromatic N) is 2. The molecule has 1 atom stereocenters. The summed E-state index contributed by atoms with van der Waals surface area (Å²) < 4.78 is 0.549. The number of alkyl halides is 1. The van der Waals surface area contributed by atoms with Gasteiger partial charge in [-0.3, -0.25) is 4.99 Å². The lowest BCUT2D eigenvalue weighted by molar-refractivity contribution is 0.247. The van der Waals surface area contributed by atoms with Crippen LogP contribution < -0.4 is 0 Å². The van der Waals surface area contributed by atoms with Crippen LogP contribution in [0.2, 0.25) is 0 Å². The van der Waals surface area contributed by atoms with Crippen molar-refractivity contribution >= 4 is 28.4 Å². The Morgan fingerprint density at radius 3 is 2.27 bits per heavy atom. The van der Waals surface area contributed by atoms with E-state index in [1.807, 2.05) is 0 Å². The van der Waals surface area contributed by atoms with Crippen molar-refractivity contribution in [3.63, 3.8) is 0 Å². The molecular formula is C8H15IN2. The van der Waals surface area contributed by atoms with Crippen LogP contribution in [0.15, 0.2) is 4.99 Å². The maximum Gasteiger partial charge on any atom is 0.102 e. The maximum absolute atomic E-state index is 4.40. The first-order chi connectivity index (χ1) is 4.93. The van der Waals surface area contributed by atoms with Crippen LogP contribution in [0, 0.1) is 0 Å². The van der Waals surface area contributed by atoms with Crippen molar-refractivity contribution in [3.05, 3.63) is 0 Å². The number of halogens is 1. The van der Waals surface area contributed by atoms with Gasteiger partial charge in [0.2, 0.25) is 0 Å². The number of hydrogen-bond donors (Lipinski definition) is 0. The molecule has 0 aromatic rings. The molecule has 0 radical (unpaired) electrons. The molecule has 0 N–H and O–H groups in total. The van der Waals surface area contributed by atoms with E-state index in [4.69, 9.17) is 0 Å². The first-order valence-electron chi connectivity index (χ1n) is 3.87. The van der Waals surface area contributed by atoms with E-state index in [0.717, 1.165) is 6.54 Å². The van der Waals surface area contributed by atoms with Crippen LogP contribution in [0.3, 0.4) is 0 Å². The summed E-state index contributed by atoms with van der Waals surface area (Å²) in [6.45, 7) is 9.71. The van der Waals surface area contributed by atoms with Crippen molar-refractivity contribution in [2.75, 3.05) is 6.54 Å². The normalized spacial score (nSPS) is 25.7. The smallest absolute Gasteiger partial charge is 0.102 e. The molecule has 0 saturated carbocycles. The zero-order valence-electron chi connectivity index (χ0n) is 7.56. The summed E-state index contributed by atoms with van der Waals surface area (Å²) in [6.07, 6.45) is 0. The van der Waals surface area contributed by atoms with Gasteiger partial charge in [-0.1, -0.05) is 22.6 Å². The summed E-state index contributed by atoms with van der Waals surface area (Å²) in [6, 6.07) is 0. The van der Waals surface area contributed by atoms with E-state index in [0.29, 0.717) is 4.05 Å². The summed E-state index contributed by atoms with van der Waals surface area (Å²) in [7, 11) is 0. The van der Waals surface area contributed by atoms with Gasteiger partial charge in [-0.05, 0) is 27.7 Å². The zero-order chi connectivity index (χ0) is 8.65. The fourth-order valence-corrected chi connectivity index (χ4v) is 2.91. The molecule has 1 rings (SSSR count). The van der Waals surface area contributed by atoms with E-state index in [9.17, 15) is 0 Å². The average Bonchev–Trinajstić information content (AvgIpc) is 2.08. The third kappa shape index (κ3) is 1.86. The van der Waals surface area contributed by atoms with Gasteiger partial charge >= 0.3 is 0 Å². The van der Waals surface area contributed by atoms with Gasteiger partial charge in [-0.25, -0.2) is 0 Å². The summed E-state index contributed by atoms with van der Waals surface area (Å²) in [5.41, 5.74) is 0.218.